The number of nitrogens with zero attached hydrogens (tertiary/aromatic N) is 3. The molecular formula is C23H34F3N3O. The van der Waals surface area contributed by atoms with Gasteiger partial charge in [0.2, 0.25) is 0 Å². The molecule has 0 aliphatic carbocycles. The Hall–Kier alpha value is -2.15. The normalized spacial score (nSPS) is 17.1. The van der Waals surface area contributed by atoms with Crippen LogP contribution in [-0.4, -0.2) is 55.9 Å². The van der Waals surface area contributed by atoms with Crippen molar-refractivity contribution < 1.29 is 17.9 Å². The number of anilines is 1. The summed E-state index contributed by atoms with van der Waals surface area (Å²) in [5.74, 6) is -0.214. The molecule has 0 aromatic heterocycles. The van der Waals surface area contributed by atoms with Gasteiger partial charge >= 0.3 is 6.36 Å². The maximum atomic E-state index is 12.4. The Bertz CT molecular complexity index is 733. The molecule has 1 aromatic carbocycles. The minimum Gasteiger partial charge on any atom is -0.406 e. The van der Waals surface area contributed by atoms with E-state index in [2.05, 4.69) is 41.4 Å². The summed E-state index contributed by atoms with van der Waals surface area (Å²) in [5, 5.41) is 0. The molecule has 30 heavy (non-hydrogen) atoms. The third kappa shape index (κ3) is 6.97. The van der Waals surface area contributed by atoms with E-state index < -0.39 is 6.36 Å². The van der Waals surface area contributed by atoms with Gasteiger partial charge in [-0.3, -0.25) is 4.90 Å². The Morgan fingerprint density at radius 3 is 2.17 bits per heavy atom. The third-order valence-electron chi connectivity index (χ3n) is 5.55. The Balaban J connectivity index is 2.15. The molecule has 0 bridgehead atoms. The minimum absolute atomic E-state index is 0.214. The zero-order valence-corrected chi connectivity index (χ0v) is 18.7. The van der Waals surface area contributed by atoms with Crippen molar-refractivity contribution in [2.45, 2.75) is 46.9 Å². The molecule has 1 aliphatic heterocycles. The summed E-state index contributed by atoms with van der Waals surface area (Å²) >= 11 is 0. The lowest BCUT2D eigenvalue weighted by molar-refractivity contribution is -0.274. The van der Waals surface area contributed by atoms with Gasteiger partial charge in [0.1, 0.15) is 5.75 Å². The van der Waals surface area contributed by atoms with Crippen LogP contribution in [0.15, 0.2) is 47.3 Å². The zero-order valence-electron chi connectivity index (χ0n) is 18.7. The molecule has 1 aromatic rings. The first-order chi connectivity index (χ1) is 14.1. The molecule has 1 fully saturated rings. The second-order valence-corrected chi connectivity index (χ2v) is 7.73. The van der Waals surface area contributed by atoms with Gasteiger partial charge in [-0.2, -0.15) is 0 Å². The number of benzene rings is 1. The van der Waals surface area contributed by atoms with Crippen molar-refractivity contribution in [1.82, 2.24) is 9.80 Å². The van der Waals surface area contributed by atoms with Gasteiger partial charge in [-0.25, -0.2) is 0 Å². The van der Waals surface area contributed by atoms with Crippen LogP contribution in [0.2, 0.25) is 0 Å². The molecule has 0 atom stereocenters. The van der Waals surface area contributed by atoms with Crippen LogP contribution >= 0.6 is 0 Å². The highest BCUT2D eigenvalue weighted by Crippen LogP contribution is 2.27. The first-order valence-electron chi connectivity index (χ1n) is 10.6. The monoisotopic (exact) mass is 425 g/mol. The molecule has 1 aliphatic rings. The van der Waals surface area contributed by atoms with Gasteiger partial charge in [0.25, 0.3) is 0 Å². The van der Waals surface area contributed by atoms with E-state index in [4.69, 9.17) is 0 Å². The lowest BCUT2D eigenvalue weighted by Crippen LogP contribution is -2.46. The van der Waals surface area contributed by atoms with Gasteiger partial charge in [0.15, 0.2) is 0 Å². The highest BCUT2D eigenvalue weighted by Gasteiger charge is 2.31. The van der Waals surface area contributed by atoms with E-state index in [1.165, 1.54) is 29.8 Å². The largest absolute Gasteiger partial charge is 0.573 e. The average Bonchev–Trinajstić information content (AvgIpc) is 2.71. The lowest BCUT2D eigenvalue weighted by atomic mass is 10.1. The zero-order chi connectivity index (χ0) is 22.3. The first kappa shape index (κ1) is 24.1. The fraction of sp³-hybridized carbons (Fsp3) is 0.565. The SMILES string of the molecule is CCCN1CCN(C(/C=C(/C)N(C)c2ccc(OC(F)(F)F)cc2)=C(/C)CC)CC1. The highest BCUT2D eigenvalue weighted by atomic mass is 19.4. The van der Waals surface area contributed by atoms with E-state index in [0.29, 0.717) is 0 Å². The summed E-state index contributed by atoms with van der Waals surface area (Å²) in [6, 6.07) is 5.96. The third-order valence-corrected chi connectivity index (χ3v) is 5.55. The van der Waals surface area contributed by atoms with E-state index in [0.717, 1.165) is 50.5 Å². The summed E-state index contributed by atoms with van der Waals surface area (Å²) in [7, 11) is 1.92. The van der Waals surface area contributed by atoms with Crippen LogP contribution in [0.1, 0.15) is 40.5 Å². The molecule has 0 saturated carbocycles. The fourth-order valence-corrected chi connectivity index (χ4v) is 3.56. The van der Waals surface area contributed by atoms with Crippen LogP contribution in [0, 0.1) is 0 Å². The Kier molecular flexibility index (Phi) is 8.65. The molecule has 0 spiro atoms. The van der Waals surface area contributed by atoms with Crippen molar-refractivity contribution in [3.63, 3.8) is 0 Å². The lowest BCUT2D eigenvalue weighted by Gasteiger charge is -2.37. The minimum atomic E-state index is -4.68. The number of hydrogen-bond acceptors (Lipinski definition) is 4. The summed E-state index contributed by atoms with van der Waals surface area (Å²) < 4.78 is 41.1. The number of ether oxygens (including phenoxy) is 1. The molecule has 1 heterocycles. The standard InChI is InChI=1S/C23H34F3N3O/c1-6-12-28-13-15-29(16-14-28)22(18(3)7-2)17-19(4)27(5)20-8-10-21(11-9-20)30-23(24,25)26/h8-11,17H,6-7,12-16H2,1-5H3/b19-17-,22-18-. The van der Waals surface area contributed by atoms with Gasteiger partial charge in [-0.15, -0.1) is 13.2 Å². The number of hydrogen-bond donors (Lipinski definition) is 0. The van der Waals surface area contributed by atoms with E-state index >= 15 is 0 Å². The van der Waals surface area contributed by atoms with Gasteiger partial charge in [0, 0.05) is 50.3 Å². The number of allylic oxidation sites excluding steroid dienone is 3. The van der Waals surface area contributed by atoms with E-state index in [1.807, 2.05) is 18.9 Å². The number of halogens is 3. The van der Waals surface area contributed by atoms with Crippen molar-refractivity contribution >= 4 is 5.69 Å². The molecule has 0 radical (unpaired) electrons. The second-order valence-electron chi connectivity index (χ2n) is 7.73. The topological polar surface area (TPSA) is 19.0 Å². The van der Waals surface area contributed by atoms with Gasteiger partial charge in [-0.1, -0.05) is 19.4 Å². The molecule has 168 valence electrons. The van der Waals surface area contributed by atoms with Crippen LogP contribution in [0.3, 0.4) is 0 Å². The summed E-state index contributed by atoms with van der Waals surface area (Å²) in [5.41, 5.74) is 4.41. The fourth-order valence-electron chi connectivity index (χ4n) is 3.56. The summed E-state index contributed by atoms with van der Waals surface area (Å²) in [6.45, 7) is 13.9. The van der Waals surface area contributed by atoms with Gasteiger partial charge in [-0.05, 0) is 63.6 Å². The maximum absolute atomic E-state index is 12.4. The molecule has 0 unspecified atom stereocenters. The van der Waals surface area contributed by atoms with Crippen molar-refractivity contribution in [3.05, 3.63) is 47.3 Å². The van der Waals surface area contributed by atoms with Crippen molar-refractivity contribution in [2.24, 2.45) is 0 Å². The van der Waals surface area contributed by atoms with Crippen molar-refractivity contribution in [3.8, 4) is 5.75 Å². The summed E-state index contributed by atoms with van der Waals surface area (Å²) in [4.78, 5) is 6.93. The van der Waals surface area contributed by atoms with Crippen LogP contribution in [0.5, 0.6) is 5.75 Å². The molecule has 1 saturated heterocycles. The van der Waals surface area contributed by atoms with Crippen LogP contribution < -0.4 is 9.64 Å². The Morgan fingerprint density at radius 2 is 1.67 bits per heavy atom. The molecule has 0 N–H and O–H groups in total. The van der Waals surface area contributed by atoms with E-state index in [9.17, 15) is 13.2 Å². The van der Waals surface area contributed by atoms with E-state index in [-0.39, 0.29) is 5.75 Å². The van der Waals surface area contributed by atoms with Gasteiger partial charge < -0.3 is 14.5 Å². The smallest absolute Gasteiger partial charge is 0.406 e. The molecule has 0 amide bonds. The van der Waals surface area contributed by atoms with Crippen molar-refractivity contribution in [2.75, 3.05) is 44.7 Å². The van der Waals surface area contributed by atoms with Crippen LogP contribution in [0.4, 0.5) is 18.9 Å². The maximum Gasteiger partial charge on any atom is 0.573 e. The van der Waals surface area contributed by atoms with Crippen LogP contribution in [-0.2, 0) is 0 Å². The van der Waals surface area contributed by atoms with Crippen LogP contribution in [0.25, 0.3) is 0 Å². The molecule has 2 rings (SSSR count). The molecule has 7 heteroatoms. The Morgan fingerprint density at radius 1 is 1.07 bits per heavy atom. The predicted octanol–water partition coefficient (Wildman–Crippen LogP) is 5.64. The molecule has 4 nitrogen and oxygen atoms in total. The highest BCUT2D eigenvalue weighted by molar-refractivity contribution is 5.53. The summed E-state index contributed by atoms with van der Waals surface area (Å²) in [6.07, 6.45) is -0.342. The Labute approximate surface area is 178 Å². The predicted molar refractivity (Wildman–Crippen MR) is 117 cm³/mol. The second kappa shape index (κ2) is 10.8. The van der Waals surface area contributed by atoms with Gasteiger partial charge in [0.05, 0.1) is 0 Å². The first-order valence-corrected chi connectivity index (χ1v) is 10.6. The quantitative estimate of drug-likeness (QED) is 0.502. The average molecular weight is 426 g/mol. The molecular weight excluding hydrogens is 391 g/mol. The van der Waals surface area contributed by atoms with Crippen molar-refractivity contribution in [1.29, 1.82) is 0 Å². The number of rotatable bonds is 8. The number of alkyl halides is 3. The number of piperazine rings is 1. The van der Waals surface area contributed by atoms with E-state index in [1.54, 1.807) is 12.1 Å².